The standard InChI is InChI=1S/C21H27ClN4O2/c22-18-5-2-1-4-17(18)21-19-6-3-8-25(19)10-11-26(21)16-20(27)23-7-9-24-12-14-28-15-13-24/h1-6,8,21H,7,9-16H2,(H,23,27). The van der Waals surface area contributed by atoms with Gasteiger partial charge in [0.25, 0.3) is 0 Å². The van der Waals surface area contributed by atoms with Crippen LogP contribution in [-0.4, -0.2) is 72.8 Å². The molecule has 7 heteroatoms. The summed E-state index contributed by atoms with van der Waals surface area (Å²) in [6.45, 7) is 7.03. The first kappa shape index (κ1) is 19.5. The van der Waals surface area contributed by atoms with Gasteiger partial charge in [0.2, 0.25) is 5.91 Å². The van der Waals surface area contributed by atoms with Crippen LogP contribution in [0.5, 0.6) is 0 Å². The molecule has 1 amide bonds. The van der Waals surface area contributed by atoms with Gasteiger partial charge in [-0.15, -0.1) is 0 Å². The number of nitrogens with one attached hydrogen (secondary N) is 1. The first-order valence-electron chi connectivity index (χ1n) is 9.92. The molecule has 2 aliphatic heterocycles. The van der Waals surface area contributed by atoms with E-state index in [2.05, 4.69) is 44.1 Å². The largest absolute Gasteiger partial charge is 0.379 e. The number of morpholine rings is 1. The van der Waals surface area contributed by atoms with Crippen LogP contribution in [0.3, 0.4) is 0 Å². The minimum atomic E-state index is -0.0116. The number of carbonyl (C=O) groups excluding carboxylic acids is 1. The van der Waals surface area contributed by atoms with Crippen molar-refractivity contribution in [2.75, 3.05) is 52.5 Å². The fourth-order valence-electron chi connectivity index (χ4n) is 4.07. The molecule has 4 rings (SSSR count). The molecule has 1 fully saturated rings. The molecule has 2 aliphatic rings. The van der Waals surface area contributed by atoms with E-state index in [1.54, 1.807) is 0 Å². The van der Waals surface area contributed by atoms with Crippen LogP contribution in [0.25, 0.3) is 0 Å². The Kier molecular flexibility index (Phi) is 6.32. The molecule has 1 unspecified atom stereocenters. The van der Waals surface area contributed by atoms with Crippen LogP contribution in [0.4, 0.5) is 0 Å². The molecule has 0 radical (unpaired) electrons. The zero-order valence-electron chi connectivity index (χ0n) is 16.0. The first-order chi connectivity index (χ1) is 13.7. The summed E-state index contributed by atoms with van der Waals surface area (Å²) in [5.41, 5.74) is 2.23. The lowest BCUT2D eigenvalue weighted by molar-refractivity contribution is -0.123. The molecule has 0 saturated carbocycles. The van der Waals surface area contributed by atoms with Crippen molar-refractivity contribution in [1.29, 1.82) is 0 Å². The number of aromatic nitrogens is 1. The average molecular weight is 403 g/mol. The lowest BCUT2D eigenvalue weighted by Gasteiger charge is -2.37. The third kappa shape index (κ3) is 4.41. The number of rotatable bonds is 6. The summed E-state index contributed by atoms with van der Waals surface area (Å²) in [5.74, 6) is 0.0605. The van der Waals surface area contributed by atoms with E-state index < -0.39 is 0 Å². The second-order valence-electron chi connectivity index (χ2n) is 7.32. The quantitative estimate of drug-likeness (QED) is 0.802. The van der Waals surface area contributed by atoms with Gasteiger partial charge in [0, 0.05) is 56.2 Å². The Labute approximate surface area is 171 Å². The molecule has 6 nitrogen and oxygen atoms in total. The predicted molar refractivity (Wildman–Crippen MR) is 110 cm³/mol. The van der Waals surface area contributed by atoms with Gasteiger partial charge in [-0.3, -0.25) is 14.6 Å². The normalized spacial score (nSPS) is 20.7. The number of hydrogen-bond acceptors (Lipinski definition) is 4. The number of amides is 1. The minimum Gasteiger partial charge on any atom is -0.379 e. The number of carbonyl (C=O) groups is 1. The third-order valence-electron chi connectivity index (χ3n) is 5.54. The van der Waals surface area contributed by atoms with Crippen LogP contribution in [0.15, 0.2) is 42.6 Å². The first-order valence-corrected chi connectivity index (χ1v) is 10.3. The van der Waals surface area contributed by atoms with Crippen molar-refractivity contribution in [2.24, 2.45) is 0 Å². The summed E-state index contributed by atoms with van der Waals surface area (Å²) in [4.78, 5) is 17.2. The lowest BCUT2D eigenvalue weighted by Crippen LogP contribution is -2.46. The molecule has 1 aromatic heterocycles. The smallest absolute Gasteiger partial charge is 0.234 e. The molecule has 3 heterocycles. The van der Waals surface area contributed by atoms with Gasteiger partial charge in [0.05, 0.1) is 25.8 Å². The maximum absolute atomic E-state index is 12.6. The molecule has 0 spiro atoms. The van der Waals surface area contributed by atoms with Gasteiger partial charge in [-0.2, -0.15) is 0 Å². The summed E-state index contributed by atoms with van der Waals surface area (Å²) < 4.78 is 7.62. The molecule has 28 heavy (non-hydrogen) atoms. The van der Waals surface area contributed by atoms with Crippen molar-refractivity contribution >= 4 is 17.5 Å². The molecular formula is C21H27ClN4O2. The molecule has 0 aliphatic carbocycles. The lowest BCUT2D eigenvalue weighted by atomic mass is 10.00. The summed E-state index contributed by atoms with van der Waals surface area (Å²) in [5, 5.41) is 3.81. The van der Waals surface area contributed by atoms with E-state index >= 15 is 0 Å². The molecule has 1 saturated heterocycles. The molecule has 1 N–H and O–H groups in total. The number of ether oxygens (including phenoxy) is 1. The Morgan fingerprint density at radius 2 is 1.93 bits per heavy atom. The minimum absolute atomic E-state index is 0.0116. The Morgan fingerprint density at radius 3 is 2.75 bits per heavy atom. The topological polar surface area (TPSA) is 49.7 Å². The van der Waals surface area contributed by atoms with E-state index in [4.69, 9.17) is 16.3 Å². The van der Waals surface area contributed by atoms with Crippen molar-refractivity contribution in [1.82, 2.24) is 19.7 Å². The molecular weight excluding hydrogens is 376 g/mol. The van der Waals surface area contributed by atoms with Gasteiger partial charge in [-0.05, 0) is 23.8 Å². The highest BCUT2D eigenvalue weighted by molar-refractivity contribution is 6.31. The van der Waals surface area contributed by atoms with Crippen LogP contribution in [0.2, 0.25) is 5.02 Å². The Hall–Kier alpha value is -1.86. The SMILES string of the molecule is O=C(CN1CCn2cccc2C1c1ccccc1Cl)NCCN1CCOCC1. The summed E-state index contributed by atoms with van der Waals surface area (Å²) >= 11 is 6.51. The molecule has 2 aromatic rings. The van der Waals surface area contributed by atoms with Gasteiger partial charge in [-0.1, -0.05) is 29.8 Å². The van der Waals surface area contributed by atoms with Crippen molar-refractivity contribution in [3.63, 3.8) is 0 Å². The second kappa shape index (κ2) is 9.09. The van der Waals surface area contributed by atoms with E-state index in [0.717, 1.165) is 56.5 Å². The number of hydrogen-bond donors (Lipinski definition) is 1. The Bertz CT molecular complexity index is 803. The van der Waals surface area contributed by atoms with Crippen LogP contribution in [-0.2, 0) is 16.1 Å². The zero-order chi connectivity index (χ0) is 19.3. The molecule has 0 bridgehead atoms. The number of benzene rings is 1. The highest BCUT2D eigenvalue weighted by Gasteiger charge is 2.31. The Balaban J connectivity index is 1.41. The van der Waals surface area contributed by atoms with E-state index in [0.29, 0.717) is 13.1 Å². The van der Waals surface area contributed by atoms with Crippen molar-refractivity contribution in [2.45, 2.75) is 12.6 Å². The van der Waals surface area contributed by atoms with Gasteiger partial charge in [-0.25, -0.2) is 0 Å². The van der Waals surface area contributed by atoms with E-state index in [1.165, 1.54) is 5.69 Å². The van der Waals surface area contributed by atoms with E-state index in [-0.39, 0.29) is 11.9 Å². The summed E-state index contributed by atoms with van der Waals surface area (Å²) in [6, 6.07) is 12.1. The molecule has 1 atom stereocenters. The highest BCUT2D eigenvalue weighted by atomic mass is 35.5. The van der Waals surface area contributed by atoms with E-state index in [9.17, 15) is 4.79 Å². The van der Waals surface area contributed by atoms with Gasteiger partial charge < -0.3 is 14.6 Å². The van der Waals surface area contributed by atoms with Crippen LogP contribution >= 0.6 is 11.6 Å². The summed E-state index contributed by atoms with van der Waals surface area (Å²) in [7, 11) is 0. The van der Waals surface area contributed by atoms with Crippen LogP contribution < -0.4 is 5.32 Å². The maximum atomic E-state index is 12.6. The molecule has 1 aromatic carbocycles. The highest BCUT2D eigenvalue weighted by Crippen LogP contribution is 2.35. The van der Waals surface area contributed by atoms with E-state index in [1.807, 2.05) is 18.2 Å². The van der Waals surface area contributed by atoms with Gasteiger partial charge in [0.15, 0.2) is 0 Å². The third-order valence-corrected chi connectivity index (χ3v) is 5.88. The molecule has 150 valence electrons. The average Bonchev–Trinajstić information content (AvgIpc) is 3.18. The van der Waals surface area contributed by atoms with Crippen molar-refractivity contribution < 1.29 is 9.53 Å². The number of fused-ring (bicyclic) bond motifs is 1. The fourth-order valence-corrected chi connectivity index (χ4v) is 4.31. The Morgan fingerprint density at radius 1 is 1.11 bits per heavy atom. The fraction of sp³-hybridized carbons (Fsp3) is 0.476. The number of nitrogens with zero attached hydrogens (tertiary/aromatic N) is 3. The second-order valence-corrected chi connectivity index (χ2v) is 7.73. The monoisotopic (exact) mass is 402 g/mol. The number of halogens is 1. The van der Waals surface area contributed by atoms with Crippen molar-refractivity contribution in [3.8, 4) is 0 Å². The van der Waals surface area contributed by atoms with Crippen LogP contribution in [0.1, 0.15) is 17.3 Å². The maximum Gasteiger partial charge on any atom is 0.234 e. The summed E-state index contributed by atoms with van der Waals surface area (Å²) in [6.07, 6.45) is 2.10. The zero-order valence-corrected chi connectivity index (χ0v) is 16.8. The van der Waals surface area contributed by atoms with Gasteiger partial charge >= 0.3 is 0 Å². The van der Waals surface area contributed by atoms with Crippen LogP contribution in [0, 0.1) is 0 Å². The van der Waals surface area contributed by atoms with Crippen molar-refractivity contribution in [3.05, 3.63) is 58.9 Å². The van der Waals surface area contributed by atoms with Gasteiger partial charge in [0.1, 0.15) is 0 Å². The predicted octanol–water partition coefficient (Wildman–Crippen LogP) is 1.99.